The van der Waals surface area contributed by atoms with Crippen LogP contribution in [0.1, 0.15) is 47.2 Å². The van der Waals surface area contributed by atoms with Crippen molar-refractivity contribution in [1.82, 2.24) is 9.97 Å². The summed E-state index contributed by atoms with van der Waals surface area (Å²) in [5, 5.41) is 8.91. The van der Waals surface area contributed by atoms with Gasteiger partial charge in [-0.3, -0.25) is 9.97 Å². The van der Waals surface area contributed by atoms with E-state index in [1.807, 2.05) is 36.4 Å². The number of aliphatic carboxylic acids is 1. The van der Waals surface area contributed by atoms with Crippen LogP contribution in [0.4, 0.5) is 13.2 Å². The number of carboxylic acid groups (broad SMARTS) is 1. The van der Waals surface area contributed by atoms with Crippen LogP contribution in [-0.2, 0) is 11.0 Å². The Morgan fingerprint density at radius 3 is 2.21 bits per heavy atom. The second kappa shape index (κ2) is 11.2. The topological polar surface area (TPSA) is 63.1 Å². The fourth-order valence-electron chi connectivity index (χ4n) is 4.57. The van der Waals surface area contributed by atoms with Gasteiger partial charge in [-0.1, -0.05) is 66.6 Å². The third kappa shape index (κ3) is 5.97. The van der Waals surface area contributed by atoms with E-state index in [2.05, 4.69) is 9.97 Å². The molecule has 1 aliphatic carbocycles. The van der Waals surface area contributed by atoms with Crippen LogP contribution in [0.5, 0.6) is 0 Å². The van der Waals surface area contributed by atoms with E-state index in [1.54, 1.807) is 23.8 Å². The molecule has 1 fully saturated rings. The molecule has 198 valence electrons. The summed E-state index contributed by atoms with van der Waals surface area (Å²) in [6, 6.07) is 16.3. The van der Waals surface area contributed by atoms with Crippen LogP contribution in [0, 0.1) is 5.92 Å². The number of carboxylic acids is 1. The average Bonchev–Trinajstić information content (AvgIpc) is 3.42. The lowest BCUT2D eigenvalue weighted by molar-refractivity contribution is -0.138. The maximum Gasteiger partial charge on any atom is 0.417 e. The zero-order chi connectivity index (χ0) is 27.6. The lowest BCUT2D eigenvalue weighted by Gasteiger charge is -2.31. The van der Waals surface area contributed by atoms with Gasteiger partial charge >= 0.3 is 12.1 Å². The Morgan fingerprint density at radius 1 is 1.03 bits per heavy atom. The molecule has 0 aliphatic heterocycles. The Kier molecular flexibility index (Phi) is 7.68. The summed E-state index contributed by atoms with van der Waals surface area (Å²) < 4.78 is 40.1. The number of hydrogen-bond acceptors (Lipinski definition) is 4. The summed E-state index contributed by atoms with van der Waals surface area (Å²) in [6.45, 7) is 0. The monoisotopic (exact) mass is 566 g/mol. The molecule has 0 unspecified atom stereocenters. The van der Waals surface area contributed by atoms with Crippen LogP contribution in [-0.4, -0.2) is 21.0 Å². The van der Waals surface area contributed by atoms with Gasteiger partial charge in [0.15, 0.2) is 0 Å². The Bertz CT molecular complexity index is 1540. The van der Waals surface area contributed by atoms with Gasteiger partial charge in [0.25, 0.3) is 0 Å². The predicted molar refractivity (Wildman–Crippen MR) is 148 cm³/mol. The van der Waals surface area contributed by atoms with E-state index >= 15 is 0 Å². The van der Waals surface area contributed by atoms with Gasteiger partial charge in [0.1, 0.15) is 0 Å². The van der Waals surface area contributed by atoms with Gasteiger partial charge in [-0.05, 0) is 64.3 Å². The standard InChI is InChI=1S/C30H22ClF3N2O2S/c31-24-14-23(30(32,33)34)15-36-29(24)28(20-2-1-3-20)27(21-7-4-18(5-8-21)6-13-26(37)38)22-11-9-19(10-12-22)25-16-35-17-39-25/h4-17,20H,1-3H2,(H,37,38). The second-order valence-electron chi connectivity index (χ2n) is 9.21. The molecule has 5 rings (SSSR count). The molecule has 0 atom stereocenters. The fourth-order valence-corrected chi connectivity index (χ4v) is 5.47. The zero-order valence-corrected chi connectivity index (χ0v) is 22.0. The minimum absolute atomic E-state index is 0.0495. The molecular formula is C30H22ClF3N2O2S. The Morgan fingerprint density at radius 2 is 1.69 bits per heavy atom. The van der Waals surface area contributed by atoms with E-state index in [9.17, 15) is 18.0 Å². The molecule has 0 saturated heterocycles. The molecule has 1 aliphatic rings. The van der Waals surface area contributed by atoms with E-state index in [0.717, 1.165) is 70.3 Å². The van der Waals surface area contributed by atoms with Crippen LogP contribution in [0.15, 0.2) is 78.6 Å². The number of allylic oxidation sites excluding steroid dienone is 1. The SMILES string of the molecule is O=C(O)C=Cc1ccc(C(=C(c2ncc(C(F)(F)F)cc2Cl)C2CCC2)c2ccc(-c3cncs3)cc2)cc1. The number of carbonyl (C=O) groups is 1. The van der Waals surface area contributed by atoms with Gasteiger partial charge in [-0.15, -0.1) is 11.3 Å². The lowest BCUT2D eigenvalue weighted by Crippen LogP contribution is -2.17. The van der Waals surface area contributed by atoms with Crippen molar-refractivity contribution >= 4 is 46.1 Å². The van der Waals surface area contributed by atoms with Crippen molar-refractivity contribution in [3.63, 3.8) is 0 Å². The molecule has 9 heteroatoms. The summed E-state index contributed by atoms with van der Waals surface area (Å²) in [7, 11) is 0. The van der Waals surface area contributed by atoms with E-state index in [-0.39, 0.29) is 10.9 Å². The molecular weight excluding hydrogens is 545 g/mol. The summed E-state index contributed by atoms with van der Waals surface area (Å²) in [6.07, 6.45) is 3.39. The first-order chi connectivity index (χ1) is 18.7. The van der Waals surface area contributed by atoms with E-state index < -0.39 is 17.7 Å². The molecule has 0 amide bonds. The fraction of sp³-hybridized carbons (Fsp3) is 0.167. The predicted octanol–water partition coefficient (Wildman–Crippen LogP) is 8.73. The van der Waals surface area contributed by atoms with Crippen LogP contribution < -0.4 is 0 Å². The highest BCUT2D eigenvalue weighted by Gasteiger charge is 2.34. The molecule has 4 aromatic rings. The third-order valence-corrected chi connectivity index (χ3v) is 7.82. The number of alkyl halides is 3. The minimum atomic E-state index is -4.55. The maximum atomic E-state index is 13.4. The first kappa shape index (κ1) is 26.8. The van der Waals surface area contributed by atoms with Gasteiger partial charge < -0.3 is 5.11 Å². The summed E-state index contributed by atoms with van der Waals surface area (Å²) in [5.74, 6) is -0.967. The van der Waals surface area contributed by atoms with Gasteiger partial charge in [0.2, 0.25) is 0 Å². The highest BCUT2D eigenvalue weighted by Crippen LogP contribution is 2.47. The number of hydrogen-bond donors (Lipinski definition) is 1. The van der Waals surface area contributed by atoms with E-state index in [0.29, 0.717) is 11.3 Å². The number of halogens is 4. The molecule has 0 bridgehead atoms. The van der Waals surface area contributed by atoms with Crippen LogP contribution in [0.2, 0.25) is 5.02 Å². The molecule has 2 aromatic carbocycles. The molecule has 0 spiro atoms. The van der Waals surface area contributed by atoms with Gasteiger partial charge in [0.05, 0.1) is 26.7 Å². The van der Waals surface area contributed by atoms with E-state index in [4.69, 9.17) is 16.7 Å². The van der Waals surface area contributed by atoms with Crippen molar-refractivity contribution in [2.45, 2.75) is 25.4 Å². The van der Waals surface area contributed by atoms with Crippen molar-refractivity contribution in [2.24, 2.45) is 5.92 Å². The van der Waals surface area contributed by atoms with Crippen LogP contribution in [0.25, 0.3) is 27.7 Å². The zero-order valence-electron chi connectivity index (χ0n) is 20.5. The highest BCUT2D eigenvalue weighted by atomic mass is 35.5. The van der Waals surface area contributed by atoms with Crippen LogP contribution in [0.3, 0.4) is 0 Å². The normalized spacial score (nSPS) is 14.8. The molecule has 2 heterocycles. The Balaban J connectivity index is 1.70. The average molecular weight is 567 g/mol. The number of thiazole rings is 1. The minimum Gasteiger partial charge on any atom is -0.478 e. The van der Waals surface area contributed by atoms with Gasteiger partial charge in [-0.25, -0.2) is 4.79 Å². The first-order valence-electron chi connectivity index (χ1n) is 12.2. The van der Waals surface area contributed by atoms with E-state index in [1.165, 1.54) is 17.4 Å². The van der Waals surface area contributed by atoms with Gasteiger partial charge in [-0.2, -0.15) is 13.2 Å². The quantitative estimate of drug-likeness (QED) is 0.227. The highest BCUT2D eigenvalue weighted by molar-refractivity contribution is 7.13. The third-order valence-electron chi connectivity index (χ3n) is 6.71. The molecule has 2 aromatic heterocycles. The van der Waals surface area contributed by atoms with Crippen molar-refractivity contribution in [1.29, 1.82) is 0 Å². The summed E-state index contributed by atoms with van der Waals surface area (Å²) in [4.78, 5) is 20.4. The number of rotatable bonds is 7. The molecule has 39 heavy (non-hydrogen) atoms. The largest absolute Gasteiger partial charge is 0.478 e. The number of benzene rings is 2. The lowest BCUT2D eigenvalue weighted by atomic mass is 9.74. The van der Waals surface area contributed by atoms with Crippen LogP contribution >= 0.6 is 22.9 Å². The number of pyridine rings is 1. The smallest absolute Gasteiger partial charge is 0.417 e. The summed E-state index contributed by atoms with van der Waals surface area (Å²) >= 11 is 8.03. The summed E-state index contributed by atoms with van der Waals surface area (Å²) in [5.41, 5.74) is 6.26. The van der Waals surface area contributed by atoms with Gasteiger partial charge in [0, 0.05) is 18.5 Å². The molecule has 4 nitrogen and oxygen atoms in total. The van der Waals surface area contributed by atoms with Crippen molar-refractivity contribution in [2.75, 3.05) is 0 Å². The number of aromatic nitrogens is 2. The van der Waals surface area contributed by atoms with Crippen molar-refractivity contribution in [3.8, 4) is 10.4 Å². The van der Waals surface area contributed by atoms with Crippen molar-refractivity contribution in [3.05, 3.63) is 112 Å². The Hall–Kier alpha value is -3.75. The Labute approximate surface area is 232 Å². The number of nitrogens with zero attached hydrogens (tertiary/aromatic N) is 2. The second-order valence-corrected chi connectivity index (χ2v) is 10.5. The van der Waals surface area contributed by atoms with Crippen molar-refractivity contribution < 1.29 is 23.1 Å². The maximum absolute atomic E-state index is 13.4. The first-order valence-corrected chi connectivity index (χ1v) is 13.4. The molecule has 1 saturated carbocycles. The molecule has 0 radical (unpaired) electrons. The molecule has 1 N–H and O–H groups in total.